The zero-order valence-electron chi connectivity index (χ0n) is 14.2. The maximum atomic E-state index is 5.54. The van der Waals surface area contributed by atoms with Gasteiger partial charge in [0, 0.05) is 18.5 Å². The fourth-order valence-corrected chi connectivity index (χ4v) is 3.04. The molecule has 2 aromatic heterocycles. The number of methoxy groups -OCH3 is 1. The summed E-state index contributed by atoms with van der Waals surface area (Å²) in [6.45, 7) is 6.42. The first-order valence-electron chi connectivity index (χ1n) is 7.87. The highest BCUT2D eigenvalue weighted by molar-refractivity contribution is 7.98. The van der Waals surface area contributed by atoms with Crippen molar-refractivity contribution in [1.82, 2.24) is 25.0 Å². The highest BCUT2D eigenvalue weighted by Crippen LogP contribution is 2.27. The number of aryl methyl sites for hydroxylation is 1. The first-order valence-corrected chi connectivity index (χ1v) is 8.86. The van der Waals surface area contributed by atoms with Gasteiger partial charge in [0.1, 0.15) is 5.75 Å². The molecule has 3 aromatic rings. The Hall–Kier alpha value is -2.61. The topological polar surface area (TPSA) is 78.9 Å². The smallest absolute Gasteiger partial charge is 0.226 e. The summed E-state index contributed by atoms with van der Waals surface area (Å²) in [5, 5.41) is 17.4. The van der Waals surface area contributed by atoms with E-state index in [9.17, 15) is 0 Å². The molecule has 0 atom stereocenters. The number of rotatable bonds is 8. The van der Waals surface area contributed by atoms with Crippen molar-refractivity contribution in [2.75, 3.05) is 7.11 Å². The van der Waals surface area contributed by atoms with Crippen LogP contribution in [-0.4, -0.2) is 32.1 Å². The molecule has 0 saturated heterocycles. The zero-order chi connectivity index (χ0) is 17.6. The van der Waals surface area contributed by atoms with E-state index < -0.39 is 0 Å². The van der Waals surface area contributed by atoms with Crippen molar-refractivity contribution in [3.05, 3.63) is 48.7 Å². The summed E-state index contributed by atoms with van der Waals surface area (Å²) in [6, 6.07) is 7.73. The van der Waals surface area contributed by atoms with Gasteiger partial charge in [-0.2, -0.15) is 0 Å². The predicted octanol–water partition coefficient (Wildman–Crippen LogP) is 3.38. The molecule has 0 amide bonds. The summed E-state index contributed by atoms with van der Waals surface area (Å²) in [6.07, 6.45) is 2.55. The van der Waals surface area contributed by atoms with Crippen molar-refractivity contribution in [3.8, 4) is 17.1 Å². The van der Waals surface area contributed by atoms with Crippen molar-refractivity contribution in [2.45, 2.75) is 30.8 Å². The highest BCUT2D eigenvalue weighted by Gasteiger charge is 2.15. The SMILES string of the molecule is C=CCn1c(SCc2nnc(CC)o2)nnc1-c1ccc(OC)cc1. The van der Waals surface area contributed by atoms with Crippen LogP contribution in [-0.2, 0) is 18.7 Å². The van der Waals surface area contributed by atoms with Crippen LogP contribution in [0.1, 0.15) is 18.7 Å². The van der Waals surface area contributed by atoms with Crippen molar-refractivity contribution in [1.29, 1.82) is 0 Å². The number of thioether (sulfide) groups is 1. The van der Waals surface area contributed by atoms with Gasteiger partial charge in [-0.25, -0.2) is 0 Å². The van der Waals surface area contributed by atoms with E-state index in [4.69, 9.17) is 9.15 Å². The van der Waals surface area contributed by atoms with E-state index >= 15 is 0 Å². The van der Waals surface area contributed by atoms with Crippen molar-refractivity contribution < 1.29 is 9.15 Å². The second-order valence-electron chi connectivity index (χ2n) is 5.17. The van der Waals surface area contributed by atoms with E-state index in [1.54, 1.807) is 7.11 Å². The van der Waals surface area contributed by atoms with Gasteiger partial charge in [-0.05, 0) is 24.3 Å². The molecule has 0 unspecified atom stereocenters. The third kappa shape index (κ3) is 3.90. The number of nitrogens with zero attached hydrogens (tertiary/aromatic N) is 5. The lowest BCUT2D eigenvalue weighted by atomic mass is 10.2. The summed E-state index contributed by atoms with van der Waals surface area (Å²) in [5.41, 5.74) is 0.966. The van der Waals surface area contributed by atoms with Gasteiger partial charge in [0.05, 0.1) is 12.9 Å². The minimum Gasteiger partial charge on any atom is -0.497 e. The van der Waals surface area contributed by atoms with Gasteiger partial charge in [0.2, 0.25) is 11.8 Å². The normalized spacial score (nSPS) is 10.8. The Morgan fingerprint density at radius 3 is 2.56 bits per heavy atom. The number of ether oxygens (including phenoxy) is 1. The largest absolute Gasteiger partial charge is 0.497 e. The van der Waals surface area contributed by atoms with Gasteiger partial charge in [0.25, 0.3) is 0 Å². The Balaban J connectivity index is 1.81. The van der Waals surface area contributed by atoms with E-state index in [1.165, 1.54) is 11.8 Å². The second-order valence-corrected chi connectivity index (χ2v) is 6.11. The maximum absolute atomic E-state index is 5.54. The quantitative estimate of drug-likeness (QED) is 0.452. The van der Waals surface area contributed by atoms with Crippen LogP contribution in [0, 0.1) is 0 Å². The first-order chi connectivity index (χ1) is 12.2. The van der Waals surface area contributed by atoms with E-state index in [1.807, 2.05) is 41.8 Å². The molecule has 0 aliphatic heterocycles. The number of benzene rings is 1. The Bertz CT molecular complexity index is 841. The molecule has 3 rings (SSSR count). The van der Waals surface area contributed by atoms with E-state index in [2.05, 4.69) is 27.0 Å². The molecule has 0 fully saturated rings. The second kappa shape index (κ2) is 7.98. The molecule has 0 N–H and O–H groups in total. The minimum atomic E-state index is 0.547. The van der Waals surface area contributed by atoms with Crippen LogP contribution in [0.15, 0.2) is 46.5 Å². The Labute approximate surface area is 150 Å². The molecule has 0 bridgehead atoms. The van der Waals surface area contributed by atoms with E-state index in [-0.39, 0.29) is 0 Å². The van der Waals surface area contributed by atoms with Gasteiger partial charge in [0.15, 0.2) is 11.0 Å². The molecule has 0 saturated carbocycles. The average molecular weight is 357 g/mol. The number of hydrogen-bond acceptors (Lipinski definition) is 7. The summed E-state index contributed by atoms with van der Waals surface area (Å²) in [7, 11) is 1.64. The van der Waals surface area contributed by atoms with Crippen LogP contribution >= 0.6 is 11.8 Å². The van der Waals surface area contributed by atoms with E-state index in [0.29, 0.717) is 24.1 Å². The van der Waals surface area contributed by atoms with Crippen LogP contribution in [0.25, 0.3) is 11.4 Å². The molecule has 7 nitrogen and oxygen atoms in total. The Kier molecular flexibility index (Phi) is 5.49. The lowest BCUT2D eigenvalue weighted by molar-refractivity contribution is 0.415. The molecule has 8 heteroatoms. The van der Waals surface area contributed by atoms with Crippen molar-refractivity contribution >= 4 is 11.8 Å². The molecule has 0 aliphatic carbocycles. The molecule has 2 heterocycles. The molecule has 25 heavy (non-hydrogen) atoms. The summed E-state index contributed by atoms with van der Waals surface area (Å²) in [5.74, 6) is 3.36. The third-order valence-electron chi connectivity index (χ3n) is 3.51. The fraction of sp³-hybridized carbons (Fsp3) is 0.294. The average Bonchev–Trinajstić information content (AvgIpc) is 3.27. The number of hydrogen-bond donors (Lipinski definition) is 0. The van der Waals surface area contributed by atoms with Gasteiger partial charge in [-0.3, -0.25) is 4.57 Å². The van der Waals surface area contributed by atoms with Crippen LogP contribution in [0.2, 0.25) is 0 Å². The monoisotopic (exact) mass is 357 g/mol. The maximum Gasteiger partial charge on any atom is 0.226 e. The molecule has 130 valence electrons. The van der Waals surface area contributed by atoms with Gasteiger partial charge in [-0.15, -0.1) is 27.0 Å². The molecular weight excluding hydrogens is 338 g/mol. The fourth-order valence-electron chi connectivity index (χ4n) is 2.26. The van der Waals surface area contributed by atoms with Crippen LogP contribution in [0.4, 0.5) is 0 Å². The molecule has 1 aromatic carbocycles. The highest BCUT2D eigenvalue weighted by atomic mass is 32.2. The third-order valence-corrected chi connectivity index (χ3v) is 4.46. The molecule has 0 aliphatic rings. The first kappa shape index (κ1) is 17.2. The standard InChI is InChI=1S/C17H19N5O2S/c1-4-10-22-16(12-6-8-13(23-3)9-7-12)20-21-17(22)25-11-15-19-18-14(5-2)24-15/h4,6-9H,1,5,10-11H2,2-3H3. The van der Waals surface area contributed by atoms with Gasteiger partial charge < -0.3 is 9.15 Å². The molecular formula is C17H19N5O2S. The lowest BCUT2D eigenvalue weighted by Crippen LogP contribution is -2.00. The molecule has 0 spiro atoms. The van der Waals surface area contributed by atoms with Gasteiger partial charge in [-0.1, -0.05) is 24.8 Å². The Morgan fingerprint density at radius 1 is 1.16 bits per heavy atom. The van der Waals surface area contributed by atoms with Crippen molar-refractivity contribution in [3.63, 3.8) is 0 Å². The van der Waals surface area contributed by atoms with Crippen molar-refractivity contribution in [2.24, 2.45) is 0 Å². The zero-order valence-corrected chi connectivity index (χ0v) is 15.0. The predicted molar refractivity (Wildman–Crippen MR) is 95.4 cm³/mol. The number of aromatic nitrogens is 5. The summed E-state index contributed by atoms with van der Waals surface area (Å²) >= 11 is 1.51. The lowest BCUT2D eigenvalue weighted by Gasteiger charge is -2.07. The number of allylic oxidation sites excluding steroid dienone is 1. The Morgan fingerprint density at radius 2 is 1.92 bits per heavy atom. The summed E-state index contributed by atoms with van der Waals surface area (Å²) in [4.78, 5) is 0. The summed E-state index contributed by atoms with van der Waals surface area (Å²) < 4.78 is 12.7. The van der Waals surface area contributed by atoms with Crippen LogP contribution in [0.3, 0.4) is 0 Å². The minimum absolute atomic E-state index is 0.547. The molecule has 0 radical (unpaired) electrons. The van der Waals surface area contributed by atoms with E-state index in [0.717, 1.165) is 28.7 Å². The van der Waals surface area contributed by atoms with Gasteiger partial charge >= 0.3 is 0 Å². The van der Waals surface area contributed by atoms with Crippen LogP contribution < -0.4 is 4.74 Å². The van der Waals surface area contributed by atoms with Crippen LogP contribution in [0.5, 0.6) is 5.75 Å².